The molecule has 0 aliphatic carbocycles. The van der Waals surface area contributed by atoms with E-state index in [0.717, 1.165) is 0 Å². The highest BCUT2D eigenvalue weighted by Crippen LogP contribution is 2.37. The van der Waals surface area contributed by atoms with Gasteiger partial charge < -0.3 is 9.84 Å². The van der Waals surface area contributed by atoms with Crippen LogP contribution in [0.5, 0.6) is 0 Å². The molecule has 0 bridgehead atoms. The zero-order valence-electron chi connectivity index (χ0n) is 5.82. The number of ether oxygens (including phenoxy) is 1. The zero-order valence-corrected chi connectivity index (χ0v) is 5.82. The highest BCUT2D eigenvalue weighted by molar-refractivity contribution is 4.79. The summed E-state index contributed by atoms with van der Waals surface area (Å²) in [5.74, 6) is -2.88. The molecule has 5 heteroatoms. The van der Waals surface area contributed by atoms with Crippen LogP contribution in [0.15, 0.2) is 0 Å². The smallest absolute Gasteiger partial charge is 0.359 e. The van der Waals surface area contributed by atoms with E-state index in [-0.39, 0.29) is 13.0 Å². The third-order valence-corrected chi connectivity index (χ3v) is 1.69. The summed E-state index contributed by atoms with van der Waals surface area (Å²) in [6, 6.07) is 0. The Morgan fingerprint density at radius 2 is 1.91 bits per heavy atom. The maximum Gasteiger partial charge on any atom is 0.443 e. The standard InChI is InChI=1S/C6H9F3O2/c7-6(8,9)5(10)3-1-2-4-11-5/h10H,1-4H2. The minimum Gasteiger partial charge on any atom is -0.359 e. The summed E-state index contributed by atoms with van der Waals surface area (Å²) in [7, 11) is 0. The maximum atomic E-state index is 12.0. The van der Waals surface area contributed by atoms with E-state index in [2.05, 4.69) is 4.74 Å². The minimum absolute atomic E-state index is 0.0178. The van der Waals surface area contributed by atoms with Crippen molar-refractivity contribution in [3.05, 3.63) is 0 Å². The van der Waals surface area contributed by atoms with E-state index in [1.807, 2.05) is 0 Å². The van der Waals surface area contributed by atoms with Gasteiger partial charge in [-0.15, -0.1) is 0 Å². The number of hydrogen-bond acceptors (Lipinski definition) is 2. The first-order chi connectivity index (χ1) is 4.96. The monoisotopic (exact) mass is 170 g/mol. The van der Waals surface area contributed by atoms with Crippen molar-refractivity contribution in [3.63, 3.8) is 0 Å². The van der Waals surface area contributed by atoms with E-state index < -0.39 is 12.0 Å². The topological polar surface area (TPSA) is 29.5 Å². The van der Waals surface area contributed by atoms with Crippen molar-refractivity contribution >= 4 is 0 Å². The highest BCUT2D eigenvalue weighted by Gasteiger charge is 2.55. The molecule has 1 saturated heterocycles. The predicted molar refractivity (Wildman–Crippen MR) is 30.8 cm³/mol. The molecule has 1 aliphatic heterocycles. The van der Waals surface area contributed by atoms with Crippen molar-refractivity contribution in [2.75, 3.05) is 6.61 Å². The number of alkyl halides is 3. The summed E-state index contributed by atoms with van der Waals surface area (Å²) in [5, 5.41) is 8.86. The van der Waals surface area contributed by atoms with Crippen molar-refractivity contribution in [3.8, 4) is 0 Å². The Labute approximate surface area is 62.0 Å². The molecule has 1 N–H and O–H groups in total. The second-order valence-electron chi connectivity index (χ2n) is 2.59. The summed E-state index contributed by atoms with van der Waals surface area (Å²) in [6.07, 6.45) is -4.07. The Morgan fingerprint density at radius 1 is 1.27 bits per heavy atom. The van der Waals surface area contributed by atoms with E-state index in [0.29, 0.717) is 12.8 Å². The first-order valence-corrected chi connectivity index (χ1v) is 3.39. The van der Waals surface area contributed by atoms with E-state index in [1.54, 1.807) is 0 Å². The van der Waals surface area contributed by atoms with E-state index in [1.165, 1.54) is 0 Å². The van der Waals surface area contributed by atoms with Crippen LogP contribution in [-0.2, 0) is 4.74 Å². The molecule has 2 nitrogen and oxygen atoms in total. The van der Waals surface area contributed by atoms with Gasteiger partial charge in [-0.1, -0.05) is 0 Å². The van der Waals surface area contributed by atoms with Gasteiger partial charge in [0.2, 0.25) is 0 Å². The first-order valence-electron chi connectivity index (χ1n) is 3.39. The summed E-state index contributed by atoms with van der Waals surface area (Å²) in [5.41, 5.74) is 0. The average Bonchev–Trinajstić information content (AvgIpc) is 1.87. The fourth-order valence-electron chi connectivity index (χ4n) is 1.00. The van der Waals surface area contributed by atoms with Gasteiger partial charge >= 0.3 is 6.18 Å². The highest BCUT2D eigenvalue weighted by atomic mass is 19.4. The quantitative estimate of drug-likeness (QED) is 0.596. The van der Waals surface area contributed by atoms with Gasteiger partial charge in [-0.3, -0.25) is 0 Å². The lowest BCUT2D eigenvalue weighted by molar-refractivity contribution is -0.375. The molecule has 0 saturated carbocycles. The molecular weight excluding hydrogens is 161 g/mol. The Balaban J connectivity index is 2.64. The van der Waals surface area contributed by atoms with Crippen LogP contribution in [0.25, 0.3) is 0 Å². The first kappa shape index (κ1) is 8.80. The molecule has 0 spiro atoms. The number of halogens is 3. The second kappa shape index (κ2) is 2.64. The van der Waals surface area contributed by atoms with E-state index >= 15 is 0 Å². The number of hydrogen-bond donors (Lipinski definition) is 1. The molecule has 1 aliphatic rings. The molecule has 0 amide bonds. The van der Waals surface area contributed by atoms with Gasteiger partial charge in [-0.25, -0.2) is 0 Å². The van der Waals surface area contributed by atoms with Crippen LogP contribution in [0.3, 0.4) is 0 Å². The van der Waals surface area contributed by atoms with Crippen LogP contribution >= 0.6 is 0 Å². The van der Waals surface area contributed by atoms with Crippen LogP contribution in [0.2, 0.25) is 0 Å². The van der Waals surface area contributed by atoms with Gasteiger partial charge in [0.1, 0.15) is 0 Å². The lowest BCUT2D eigenvalue weighted by Gasteiger charge is -2.33. The fraction of sp³-hybridized carbons (Fsp3) is 1.00. The molecular formula is C6H9F3O2. The zero-order chi connectivity index (χ0) is 8.54. The van der Waals surface area contributed by atoms with E-state index in [9.17, 15) is 13.2 Å². The Kier molecular flexibility index (Phi) is 2.11. The molecule has 0 radical (unpaired) electrons. The molecule has 11 heavy (non-hydrogen) atoms. The molecule has 1 heterocycles. The van der Waals surface area contributed by atoms with Crippen molar-refractivity contribution in [2.45, 2.75) is 31.2 Å². The summed E-state index contributed by atoms with van der Waals surface area (Å²) in [6.45, 7) is -0.0178. The van der Waals surface area contributed by atoms with Crippen LogP contribution in [0.4, 0.5) is 13.2 Å². The van der Waals surface area contributed by atoms with Gasteiger partial charge in [0.05, 0.1) is 6.61 Å². The van der Waals surface area contributed by atoms with Crippen molar-refractivity contribution in [1.82, 2.24) is 0 Å². The van der Waals surface area contributed by atoms with Crippen LogP contribution < -0.4 is 0 Å². The van der Waals surface area contributed by atoms with Gasteiger partial charge in [0.25, 0.3) is 5.79 Å². The molecule has 1 unspecified atom stereocenters. The molecule has 1 fully saturated rings. The summed E-state index contributed by atoms with van der Waals surface area (Å²) < 4.78 is 40.1. The largest absolute Gasteiger partial charge is 0.443 e. The van der Waals surface area contributed by atoms with Crippen molar-refractivity contribution in [2.24, 2.45) is 0 Å². The lowest BCUT2D eigenvalue weighted by Crippen LogP contribution is -2.49. The van der Waals surface area contributed by atoms with Crippen LogP contribution in [0, 0.1) is 0 Å². The van der Waals surface area contributed by atoms with Gasteiger partial charge in [-0.2, -0.15) is 13.2 Å². The lowest BCUT2D eigenvalue weighted by atomic mass is 10.1. The van der Waals surface area contributed by atoms with Gasteiger partial charge in [-0.05, 0) is 12.8 Å². The van der Waals surface area contributed by atoms with Crippen LogP contribution in [0.1, 0.15) is 19.3 Å². The summed E-state index contributed by atoms with van der Waals surface area (Å²) in [4.78, 5) is 0. The Bertz CT molecular complexity index is 137. The maximum absolute atomic E-state index is 12.0. The Hall–Kier alpha value is -0.290. The SMILES string of the molecule is OC1(C(F)(F)F)CCCCO1. The molecule has 66 valence electrons. The molecule has 1 atom stereocenters. The molecule has 0 aromatic rings. The van der Waals surface area contributed by atoms with E-state index in [4.69, 9.17) is 5.11 Å². The number of aliphatic hydroxyl groups is 1. The van der Waals surface area contributed by atoms with Gasteiger partial charge in [0.15, 0.2) is 0 Å². The fourth-order valence-corrected chi connectivity index (χ4v) is 1.00. The number of rotatable bonds is 0. The normalized spacial score (nSPS) is 33.8. The molecule has 1 rings (SSSR count). The van der Waals surface area contributed by atoms with Crippen LogP contribution in [-0.4, -0.2) is 23.7 Å². The molecule has 0 aromatic carbocycles. The van der Waals surface area contributed by atoms with Crippen molar-refractivity contribution < 1.29 is 23.0 Å². The average molecular weight is 170 g/mol. The third kappa shape index (κ3) is 1.65. The summed E-state index contributed by atoms with van der Waals surface area (Å²) >= 11 is 0. The second-order valence-corrected chi connectivity index (χ2v) is 2.59. The molecule has 0 aromatic heterocycles. The van der Waals surface area contributed by atoms with Gasteiger partial charge in [0, 0.05) is 6.42 Å². The Morgan fingerprint density at radius 3 is 2.18 bits per heavy atom. The minimum atomic E-state index is -4.66. The third-order valence-electron chi connectivity index (χ3n) is 1.69. The predicted octanol–water partition coefficient (Wildman–Crippen LogP) is 1.44. The van der Waals surface area contributed by atoms with Crippen molar-refractivity contribution in [1.29, 1.82) is 0 Å².